The Morgan fingerprint density at radius 1 is 1.50 bits per heavy atom. The van der Waals surface area contributed by atoms with E-state index in [0.29, 0.717) is 12.1 Å². The summed E-state index contributed by atoms with van der Waals surface area (Å²) in [6, 6.07) is 7.05. The van der Waals surface area contributed by atoms with Gasteiger partial charge in [-0.1, -0.05) is 12.1 Å². The molecule has 0 bridgehead atoms. The first-order valence-corrected chi connectivity index (χ1v) is 4.52. The fourth-order valence-electron chi connectivity index (χ4n) is 1.22. The summed E-state index contributed by atoms with van der Waals surface area (Å²) < 4.78 is 0. The van der Waals surface area contributed by atoms with Gasteiger partial charge in [-0.2, -0.15) is 0 Å². The third-order valence-corrected chi connectivity index (χ3v) is 2.05. The minimum Gasteiger partial charge on any atom is -0.315 e. The number of ketones is 1. The van der Waals surface area contributed by atoms with E-state index in [1.165, 1.54) is 6.92 Å². The van der Waals surface area contributed by atoms with Crippen molar-refractivity contribution in [2.24, 2.45) is 0 Å². The van der Waals surface area contributed by atoms with Gasteiger partial charge >= 0.3 is 0 Å². The van der Waals surface area contributed by atoms with Crippen LogP contribution in [0.4, 0.5) is 5.69 Å². The molecule has 14 heavy (non-hydrogen) atoms. The van der Waals surface area contributed by atoms with E-state index in [4.69, 9.17) is 0 Å². The monoisotopic (exact) mass is 191 g/mol. The third-order valence-electron chi connectivity index (χ3n) is 2.05. The maximum Gasteiger partial charge on any atom is 0.214 e. The summed E-state index contributed by atoms with van der Waals surface area (Å²) in [5, 5.41) is 0. The average Bonchev–Trinajstić information content (AvgIpc) is 2.20. The lowest BCUT2D eigenvalue weighted by Crippen LogP contribution is -2.20. The van der Waals surface area contributed by atoms with Gasteiger partial charge in [-0.3, -0.25) is 9.59 Å². The van der Waals surface area contributed by atoms with Crippen molar-refractivity contribution in [1.82, 2.24) is 0 Å². The highest BCUT2D eigenvalue weighted by Gasteiger charge is 2.04. The molecule has 0 fully saturated rings. The lowest BCUT2D eigenvalue weighted by Gasteiger charge is -2.15. The maximum absolute atomic E-state index is 11.1. The Labute approximate surface area is 83.3 Å². The van der Waals surface area contributed by atoms with E-state index in [0.717, 1.165) is 12.1 Å². The molecule has 3 heteroatoms. The molecule has 0 N–H and O–H groups in total. The lowest BCUT2D eigenvalue weighted by molar-refractivity contribution is -0.107. The van der Waals surface area contributed by atoms with Crippen LogP contribution >= 0.6 is 0 Å². The smallest absolute Gasteiger partial charge is 0.214 e. The predicted molar refractivity (Wildman–Crippen MR) is 55.5 cm³/mol. The molecule has 0 aliphatic carbocycles. The Balaban J connectivity index is 3.03. The van der Waals surface area contributed by atoms with Gasteiger partial charge in [0.2, 0.25) is 6.41 Å². The first-order chi connectivity index (χ1) is 6.69. The SMILES string of the molecule is CCN(C=O)c1cccc(C(C)=O)c1. The predicted octanol–water partition coefficient (Wildman–Crippen LogP) is 1.87. The summed E-state index contributed by atoms with van der Waals surface area (Å²) in [6.45, 7) is 4.00. The Morgan fingerprint density at radius 3 is 2.71 bits per heavy atom. The van der Waals surface area contributed by atoms with E-state index in [2.05, 4.69) is 0 Å². The molecular formula is C11H13NO2. The van der Waals surface area contributed by atoms with Gasteiger partial charge in [0.1, 0.15) is 0 Å². The summed E-state index contributed by atoms with van der Waals surface area (Å²) >= 11 is 0. The fourth-order valence-corrected chi connectivity index (χ4v) is 1.22. The number of nitrogens with zero attached hydrogens (tertiary/aromatic N) is 1. The van der Waals surface area contributed by atoms with Gasteiger partial charge in [-0.15, -0.1) is 0 Å². The largest absolute Gasteiger partial charge is 0.315 e. The fraction of sp³-hybridized carbons (Fsp3) is 0.273. The number of anilines is 1. The first-order valence-electron chi connectivity index (χ1n) is 4.52. The molecule has 0 heterocycles. The van der Waals surface area contributed by atoms with Crippen LogP contribution in [0.5, 0.6) is 0 Å². The van der Waals surface area contributed by atoms with Gasteiger partial charge in [-0.05, 0) is 26.0 Å². The quantitative estimate of drug-likeness (QED) is 0.538. The van der Waals surface area contributed by atoms with E-state index >= 15 is 0 Å². The number of hydrogen-bond donors (Lipinski definition) is 0. The highest BCUT2D eigenvalue weighted by molar-refractivity contribution is 5.95. The van der Waals surface area contributed by atoms with Crippen molar-refractivity contribution in [3.63, 3.8) is 0 Å². The zero-order chi connectivity index (χ0) is 10.6. The van der Waals surface area contributed by atoms with E-state index < -0.39 is 0 Å². The summed E-state index contributed by atoms with van der Waals surface area (Å²) in [5.41, 5.74) is 1.39. The van der Waals surface area contributed by atoms with E-state index in [1.807, 2.05) is 13.0 Å². The van der Waals surface area contributed by atoms with Gasteiger partial charge in [0.25, 0.3) is 0 Å². The highest BCUT2D eigenvalue weighted by atomic mass is 16.1. The number of carbonyl (C=O) groups is 2. The zero-order valence-electron chi connectivity index (χ0n) is 8.36. The summed E-state index contributed by atoms with van der Waals surface area (Å²) in [4.78, 5) is 23.3. The molecule has 74 valence electrons. The number of benzene rings is 1. The molecule has 0 aliphatic rings. The van der Waals surface area contributed by atoms with Gasteiger partial charge < -0.3 is 4.90 Å². The Hall–Kier alpha value is -1.64. The molecule has 1 aromatic rings. The molecule has 3 nitrogen and oxygen atoms in total. The number of rotatable bonds is 4. The maximum atomic E-state index is 11.1. The molecule has 0 saturated carbocycles. The van der Waals surface area contributed by atoms with Gasteiger partial charge in [0.05, 0.1) is 0 Å². The second-order valence-electron chi connectivity index (χ2n) is 3.00. The van der Waals surface area contributed by atoms with E-state index in [-0.39, 0.29) is 5.78 Å². The lowest BCUT2D eigenvalue weighted by atomic mass is 10.1. The van der Waals surface area contributed by atoms with Crippen molar-refractivity contribution in [3.8, 4) is 0 Å². The van der Waals surface area contributed by atoms with Crippen LogP contribution in [-0.2, 0) is 4.79 Å². The molecular weight excluding hydrogens is 178 g/mol. The van der Waals surface area contributed by atoms with Crippen LogP contribution in [0.15, 0.2) is 24.3 Å². The van der Waals surface area contributed by atoms with Crippen LogP contribution in [0.25, 0.3) is 0 Å². The third kappa shape index (κ3) is 2.19. The molecule has 0 spiro atoms. The van der Waals surface area contributed by atoms with Crippen LogP contribution < -0.4 is 4.90 Å². The van der Waals surface area contributed by atoms with Gasteiger partial charge in [0.15, 0.2) is 5.78 Å². The zero-order valence-corrected chi connectivity index (χ0v) is 8.36. The summed E-state index contributed by atoms with van der Waals surface area (Å²) in [7, 11) is 0. The van der Waals surface area contributed by atoms with Crippen molar-refractivity contribution in [1.29, 1.82) is 0 Å². The van der Waals surface area contributed by atoms with Crippen molar-refractivity contribution in [3.05, 3.63) is 29.8 Å². The average molecular weight is 191 g/mol. The van der Waals surface area contributed by atoms with Crippen LogP contribution in [-0.4, -0.2) is 18.7 Å². The van der Waals surface area contributed by atoms with Crippen molar-refractivity contribution in [2.45, 2.75) is 13.8 Å². The van der Waals surface area contributed by atoms with Gasteiger partial charge in [-0.25, -0.2) is 0 Å². The Bertz CT molecular complexity index is 347. The second kappa shape index (κ2) is 4.56. The molecule has 0 saturated heterocycles. The minimum atomic E-state index is 0.00815. The molecule has 1 amide bonds. The van der Waals surface area contributed by atoms with Crippen molar-refractivity contribution in [2.75, 3.05) is 11.4 Å². The second-order valence-corrected chi connectivity index (χ2v) is 3.00. The number of hydrogen-bond acceptors (Lipinski definition) is 2. The van der Waals surface area contributed by atoms with E-state index in [1.54, 1.807) is 23.1 Å². The minimum absolute atomic E-state index is 0.00815. The van der Waals surface area contributed by atoms with E-state index in [9.17, 15) is 9.59 Å². The normalized spacial score (nSPS) is 9.57. The van der Waals surface area contributed by atoms with Gasteiger partial charge in [0, 0.05) is 17.8 Å². The molecule has 1 rings (SSSR count). The number of Topliss-reactive ketones (excluding diaryl/α,β-unsaturated/α-hetero) is 1. The highest BCUT2D eigenvalue weighted by Crippen LogP contribution is 2.14. The van der Waals surface area contributed by atoms with Crippen LogP contribution in [0.1, 0.15) is 24.2 Å². The molecule has 0 aromatic heterocycles. The van der Waals surface area contributed by atoms with Crippen molar-refractivity contribution < 1.29 is 9.59 Å². The molecule has 0 radical (unpaired) electrons. The van der Waals surface area contributed by atoms with Crippen molar-refractivity contribution >= 4 is 17.9 Å². The Kier molecular flexibility index (Phi) is 3.40. The molecule has 0 atom stereocenters. The topological polar surface area (TPSA) is 37.4 Å². The number of amides is 1. The summed E-state index contributed by atoms with van der Waals surface area (Å²) in [6.07, 6.45) is 0.763. The number of carbonyl (C=O) groups excluding carboxylic acids is 2. The first kappa shape index (κ1) is 10.4. The molecule has 0 aliphatic heterocycles. The van der Waals surface area contributed by atoms with Crippen LogP contribution in [0.3, 0.4) is 0 Å². The summed E-state index contributed by atoms with van der Waals surface area (Å²) in [5.74, 6) is 0.00815. The molecule has 1 aromatic carbocycles. The Morgan fingerprint density at radius 2 is 2.21 bits per heavy atom. The van der Waals surface area contributed by atoms with Crippen LogP contribution in [0, 0.1) is 0 Å². The standard InChI is InChI=1S/C11H13NO2/c1-3-12(8-13)11-6-4-5-10(7-11)9(2)14/h4-8H,3H2,1-2H3. The van der Waals surface area contributed by atoms with Crippen LogP contribution in [0.2, 0.25) is 0 Å². The molecule has 0 unspecified atom stereocenters.